The first kappa shape index (κ1) is 14.7. The monoisotopic (exact) mass is 275 g/mol. The molecule has 2 aromatic carbocycles. The Kier molecular flexibility index (Phi) is 4.85. The first-order valence-electron chi connectivity index (χ1n) is 6.87. The molecule has 20 heavy (non-hydrogen) atoms. The lowest BCUT2D eigenvalue weighted by Gasteiger charge is -2.08. The number of hydrogen-bond acceptors (Lipinski definition) is 1. The number of nitrogens with one attached hydrogen (secondary N) is 1. The summed E-state index contributed by atoms with van der Waals surface area (Å²) in [5, 5.41) is 3.17. The summed E-state index contributed by atoms with van der Waals surface area (Å²) in [5.41, 5.74) is 2.62. The van der Waals surface area contributed by atoms with Crippen LogP contribution in [0.4, 0.5) is 8.78 Å². The standard InChI is InChI=1S/C17H19F2N/c1-3-8-20-11-15-7-6-14(10-17(15)19)13-5-4-12(2)16(18)9-13/h4-7,9-10,20H,3,8,11H2,1-2H3. The average Bonchev–Trinajstić information content (AvgIpc) is 2.44. The predicted molar refractivity (Wildman–Crippen MR) is 78.5 cm³/mol. The molecule has 0 fully saturated rings. The lowest BCUT2D eigenvalue weighted by Crippen LogP contribution is -2.14. The molecular formula is C17H19F2N. The fourth-order valence-electron chi connectivity index (χ4n) is 2.04. The third-order valence-electron chi connectivity index (χ3n) is 3.30. The van der Waals surface area contributed by atoms with Gasteiger partial charge in [-0.3, -0.25) is 0 Å². The molecule has 0 amide bonds. The first-order valence-corrected chi connectivity index (χ1v) is 6.87. The van der Waals surface area contributed by atoms with Crippen molar-refractivity contribution in [1.82, 2.24) is 5.32 Å². The van der Waals surface area contributed by atoms with Gasteiger partial charge in [0.25, 0.3) is 0 Å². The van der Waals surface area contributed by atoms with Crippen molar-refractivity contribution in [2.45, 2.75) is 26.8 Å². The second-order valence-corrected chi connectivity index (χ2v) is 4.95. The third kappa shape index (κ3) is 3.42. The van der Waals surface area contributed by atoms with Crippen LogP contribution in [0.1, 0.15) is 24.5 Å². The van der Waals surface area contributed by atoms with Gasteiger partial charge in [0.1, 0.15) is 11.6 Å². The molecule has 0 bridgehead atoms. The fourth-order valence-corrected chi connectivity index (χ4v) is 2.04. The Morgan fingerprint density at radius 3 is 2.20 bits per heavy atom. The Bertz CT molecular complexity index is 594. The van der Waals surface area contributed by atoms with Crippen LogP contribution in [0.2, 0.25) is 0 Å². The molecule has 0 aliphatic carbocycles. The summed E-state index contributed by atoms with van der Waals surface area (Å²) >= 11 is 0. The van der Waals surface area contributed by atoms with Gasteiger partial charge in [-0.05, 0) is 48.7 Å². The number of hydrogen-bond donors (Lipinski definition) is 1. The van der Waals surface area contributed by atoms with E-state index in [9.17, 15) is 8.78 Å². The van der Waals surface area contributed by atoms with Crippen LogP contribution in [0.15, 0.2) is 36.4 Å². The normalized spacial score (nSPS) is 10.8. The van der Waals surface area contributed by atoms with Crippen LogP contribution in [0.5, 0.6) is 0 Å². The van der Waals surface area contributed by atoms with Crippen molar-refractivity contribution in [3.8, 4) is 11.1 Å². The van der Waals surface area contributed by atoms with Gasteiger partial charge in [0, 0.05) is 12.1 Å². The number of aryl methyl sites for hydroxylation is 1. The number of benzene rings is 2. The summed E-state index contributed by atoms with van der Waals surface area (Å²) in [6.07, 6.45) is 1.02. The highest BCUT2D eigenvalue weighted by Gasteiger charge is 2.06. The van der Waals surface area contributed by atoms with Gasteiger partial charge in [-0.1, -0.05) is 31.2 Å². The number of rotatable bonds is 5. The summed E-state index contributed by atoms with van der Waals surface area (Å²) in [4.78, 5) is 0. The topological polar surface area (TPSA) is 12.0 Å². The van der Waals surface area contributed by atoms with Gasteiger partial charge in [0.2, 0.25) is 0 Å². The van der Waals surface area contributed by atoms with Gasteiger partial charge < -0.3 is 5.32 Å². The summed E-state index contributed by atoms with van der Waals surface area (Å²) in [5.74, 6) is -0.524. The molecule has 0 radical (unpaired) electrons. The molecule has 0 atom stereocenters. The Balaban J connectivity index is 2.21. The number of halogens is 2. The summed E-state index contributed by atoms with van der Waals surface area (Å²) in [6, 6.07) is 10.0. The molecular weight excluding hydrogens is 256 g/mol. The van der Waals surface area contributed by atoms with E-state index < -0.39 is 0 Å². The van der Waals surface area contributed by atoms with Crippen molar-refractivity contribution in [2.24, 2.45) is 0 Å². The van der Waals surface area contributed by atoms with E-state index in [0.29, 0.717) is 28.8 Å². The second kappa shape index (κ2) is 6.62. The van der Waals surface area contributed by atoms with Crippen LogP contribution in [0.25, 0.3) is 11.1 Å². The van der Waals surface area contributed by atoms with E-state index in [1.54, 1.807) is 19.1 Å². The summed E-state index contributed by atoms with van der Waals surface area (Å²) in [6.45, 7) is 5.16. The molecule has 2 rings (SSSR count). The second-order valence-electron chi connectivity index (χ2n) is 4.95. The van der Waals surface area contributed by atoms with Crippen LogP contribution < -0.4 is 5.32 Å². The first-order chi connectivity index (χ1) is 9.61. The minimum atomic E-state index is -0.267. The van der Waals surface area contributed by atoms with Crippen molar-refractivity contribution in [3.63, 3.8) is 0 Å². The average molecular weight is 275 g/mol. The molecule has 0 unspecified atom stereocenters. The van der Waals surface area contributed by atoms with E-state index in [1.807, 2.05) is 12.1 Å². The van der Waals surface area contributed by atoms with Crippen LogP contribution in [0, 0.1) is 18.6 Å². The van der Waals surface area contributed by atoms with E-state index in [4.69, 9.17) is 0 Å². The van der Waals surface area contributed by atoms with Gasteiger partial charge in [-0.2, -0.15) is 0 Å². The molecule has 0 aliphatic heterocycles. The van der Waals surface area contributed by atoms with E-state index in [-0.39, 0.29) is 11.6 Å². The minimum Gasteiger partial charge on any atom is -0.313 e. The van der Waals surface area contributed by atoms with Crippen molar-refractivity contribution in [1.29, 1.82) is 0 Å². The zero-order valence-electron chi connectivity index (χ0n) is 11.8. The molecule has 2 aromatic rings. The smallest absolute Gasteiger partial charge is 0.128 e. The lowest BCUT2D eigenvalue weighted by atomic mass is 10.0. The van der Waals surface area contributed by atoms with Crippen LogP contribution in [-0.2, 0) is 6.54 Å². The van der Waals surface area contributed by atoms with E-state index >= 15 is 0 Å². The lowest BCUT2D eigenvalue weighted by molar-refractivity contribution is 0.587. The van der Waals surface area contributed by atoms with Crippen LogP contribution in [-0.4, -0.2) is 6.54 Å². The van der Waals surface area contributed by atoms with E-state index in [2.05, 4.69) is 12.2 Å². The summed E-state index contributed by atoms with van der Waals surface area (Å²) < 4.78 is 27.6. The minimum absolute atomic E-state index is 0.257. The predicted octanol–water partition coefficient (Wildman–Crippen LogP) is 4.44. The zero-order chi connectivity index (χ0) is 14.5. The largest absolute Gasteiger partial charge is 0.313 e. The molecule has 0 saturated heterocycles. The van der Waals surface area contributed by atoms with Crippen molar-refractivity contribution in [3.05, 3.63) is 59.2 Å². The fraction of sp³-hybridized carbons (Fsp3) is 0.294. The molecule has 0 spiro atoms. The van der Waals surface area contributed by atoms with Gasteiger partial charge >= 0.3 is 0 Å². The Hall–Kier alpha value is -1.74. The molecule has 1 N–H and O–H groups in total. The molecule has 0 heterocycles. The highest BCUT2D eigenvalue weighted by Crippen LogP contribution is 2.24. The maximum Gasteiger partial charge on any atom is 0.128 e. The SMILES string of the molecule is CCCNCc1ccc(-c2ccc(C)c(F)c2)cc1F. The van der Waals surface area contributed by atoms with Crippen molar-refractivity contribution >= 4 is 0 Å². The van der Waals surface area contributed by atoms with Crippen LogP contribution in [0.3, 0.4) is 0 Å². The maximum atomic E-state index is 14.0. The Morgan fingerprint density at radius 2 is 1.60 bits per heavy atom. The van der Waals surface area contributed by atoms with Gasteiger partial charge in [0.15, 0.2) is 0 Å². The molecule has 0 aromatic heterocycles. The van der Waals surface area contributed by atoms with Gasteiger partial charge in [-0.25, -0.2) is 8.78 Å². The zero-order valence-corrected chi connectivity index (χ0v) is 11.8. The molecule has 0 saturated carbocycles. The quantitative estimate of drug-likeness (QED) is 0.795. The van der Waals surface area contributed by atoms with E-state index in [0.717, 1.165) is 13.0 Å². The third-order valence-corrected chi connectivity index (χ3v) is 3.30. The van der Waals surface area contributed by atoms with Crippen molar-refractivity contribution < 1.29 is 8.78 Å². The maximum absolute atomic E-state index is 14.0. The van der Waals surface area contributed by atoms with Crippen molar-refractivity contribution in [2.75, 3.05) is 6.54 Å². The van der Waals surface area contributed by atoms with Gasteiger partial charge in [0.05, 0.1) is 0 Å². The highest BCUT2D eigenvalue weighted by atomic mass is 19.1. The summed E-state index contributed by atoms with van der Waals surface area (Å²) in [7, 11) is 0. The molecule has 0 aliphatic rings. The van der Waals surface area contributed by atoms with Crippen LogP contribution >= 0.6 is 0 Å². The van der Waals surface area contributed by atoms with E-state index in [1.165, 1.54) is 12.1 Å². The molecule has 3 heteroatoms. The Morgan fingerprint density at radius 1 is 0.950 bits per heavy atom. The van der Waals surface area contributed by atoms with Gasteiger partial charge in [-0.15, -0.1) is 0 Å². The molecule has 1 nitrogen and oxygen atoms in total. The highest BCUT2D eigenvalue weighted by molar-refractivity contribution is 5.64. The molecule has 106 valence electrons. The Labute approximate surface area is 118 Å².